The molecule has 2 aromatic carbocycles. The van der Waals surface area contributed by atoms with Crippen LogP contribution < -0.4 is 5.73 Å². The zero-order valence-corrected chi connectivity index (χ0v) is 13.3. The van der Waals surface area contributed by atoms with Crippen molar-refractivity contribution in [1.29, 1.82) is 0 Å². The lowest BCUT2D eigenvalue weighted by molar-refractivity contribution is 0.514. The lowest BCUT2D eigenvalue weighted by Crippen LogP contribution is -2.07. The molecule has 3 nitrogen and oxygen atoms in total. The molecule has 0 radical (unpaired) electrons. The first kappa shape index (κ1) is 14.6. The third-order valence-corrected chi connectivity index (χ3v) is 4.01. The van der Waals surface area contributed by atoms with Gasteiger partial charge in [0.1, 0.15) is 5.82 Å². The van der Waals surface area contributed by atoms with Crippen LogP contribution in [0.1, 0.15) is 31.7 Å². The Morgan fingerprint density at radius 3 is 2.50 bits per heavy atom. The third-order valence-electron chi connectivity index (χ3n) is 4.01. The van der Waals surface area contributed by atoms with Crippen molar-refractivity contribution in [3.63, 3.8) is 0 Å². The maximum Gasteiger partial charge on any atom is 0.114 e. The van der Waals surface area contributed by atoms with Crippen LogP contribution in [0, 0.1) is 5.92 Å². The molecule has 3 aromatic rings. The average molecular weight is 293 g/mol. The van der Waals surface area contributed by atoms with Gasteiger partial charge in [0.05, 0.1) is 11.0 Å². The molecule has 0 spiro atoms. The molecule has 0 bridgehead atoms. The number of aromatic nitrogens is 2. The van der Waals surface area contributed by atoms with E-state index in [-0.39, 0.29) is 0 Å². The summed E-state index contributed by atoms with van der Waals surface area (Å²) in [5.74, 6) is 1.82. The Kier molecular flexibility index (Phi) is 4.14. The number of rotatable bonds is 5. The van der Waals surface area contributed by atoms with Gasteiger partial charge in [-0.2, -0.15) is 0 Å². The van der Waals surface area contributed by atoms with Crippen molar-refractivity contribution in [2.75, 3.05) is 5.73 Å². The van der Waals surface area contributed by atoms with Crippen molar-refractivity contribution in [3.05, 3.63) is 59.9 Å². The number of benzene rings is 2. The number of nitrogen functional groups attached to an aromatic ring is 1. The lowest BCUT2D eigenvalue weighted by atomic mass is 10.1. The predicted molar refractivity (Wildman–Crippen MR) is 92.8 cm³/mol. The zero-order valence-electron chi connectivity index (χ0n) is 13.3. The molecule has 1 aromatic heterocycles. The maximum absolute atomic E-state index is 5.77. The molecule has 22 heavy (non-hydrogen) atoms. The largest absolute Gasteiger partial charge is 0.399 e. The van der Waals surface area contributed by atoms with Gasteiger partial charge >= 0.3 is 0 Å². The van der Waals surface area contributed by atoms with Crippen molar-refractivity contribution in [2.24, 2.45) is 5.92 Å². The van der Waals surface area contributed by atoms with Crippen LogP contribution in [0.15, 0.2) is 48.5 Å². The van der Waals surface area contributed by atoms with Crippen molar-refractivity contribution >= 4 is 16.7 Å². The Hall–Kier alpha value is -2.29. The summed E-state index contributed by atoms with van der Waals surface area (Å²) in [7, 11) is 0. The molecule has 0 aliphatic heterocycles. The van der Waals surface area contributed by atoms with Gasteiger partial charge in [0.2, 0.25) is 0 Å². The normalized spacial score (nSPS) is 11.4. The summed E-state index contributed by atoms with van der Waals surface area (Å²) in [6.45, 7) is 5.54. The summed E-state index contributed by atoms with van der Waals surface area (Å²) in [4.78, 5) is 4.84. The number of fused-ring (bicyclic) bond motifs is 1. The van der Waals surface area contributed by atoms with E-state index in [1.54, 1.807) is 0 Å². The topological polar surface area (TPSA) is 43.8 Å². The molecule has 0 amide bonds. The highest BCUT2D eigenvalue weighted by Gasteiger charge is 2.11. The van der Waals surface area contributed by atoms with Crippen LogP contribution in [0.3, 0.4) is 0 Å². The van der Waals surface area contributed by atoms with E-state index in [0.717, 1.165) is 36.4 Å². The lowest BCUT2D eigenvalue weighted by Gasteiger charge is -2.11. The summed E-state index contributed by atoms with van der Waals surface area (Å²) < 4.78 is 2.37. The molecule has 0 aliphatic rings. The first-order chi connectivity index (χ1) is 10.6. The fourth-order valence-corrected chi connectivity index (χ4v) is 2.72. The van der Waals surface area contributed by atoms with E-state index in [4.69, 9.17) is 10.7 Å². The Bertz CT molecular complexity index is 754. The second-order valence-corrected chi connectivity index (χ2v) is 6.27. The molecule has 0 unspecified atom stereocenters. The molecule has 114 valence electrons. The smallest absolute Gasteiger partial charge is 0.114 e. The van der Waals surface area contributed by atoms with Gasteiger partial charge in [-0.25, -0.2) is 4.98 Å². The van der Waals surface area contributed by atoms with E-state index < -0.39 is 0 Å². The molecule has 3 heteroatoms. The fraction of sp³-hybridized carbons (Fsp3) is 0.316. The number of hydrogen-bond donors (Lipinski definition) is 1. The Balaban J connectivity index is 1.96. The monoisotopic (exact) mass is 293 g/mol. The number of para-hydroxylation sites is 2. The fourth-order valence-electron chi connectivity index (χ4n) is 2.72. The van der Waals surface area contributed by atoms with Crippen LogP contribution in [0.4, 0.5) is 5.69 Å². The predicted octanol–water partition coefficient (Wildman–Crippen LogP) is 4.26. The van der Waals surface area contributed by atoms with Crippen LogP contribution in [-0.2, 0) is 13.0 Å². The minimum atomic E-state index is 0.686. The molecular weight excluding hydrogens is 270 g/mol. The van der Waals surface area contributed by atoms with Crippen molar-refractivity contribution in [1.82, 2.24) is 9.55 Å². The van der Waals surface area contributed by atoms with Gasteiger partial charge in [-0.15, -0.1) is 0 Å². The highest BCUT2D eigenvalue weighted by Crippen LogP contribution is 2.20. The maximum atomic E-state index is 5.77. The summed E-state index contributed by atoms with van der Waals surface area (Å²) in [6, 6.07) is 16.5. The van der Waals surface area contributed by atoms with E-state index in [9.17, 15) is 0 Å². The standard InChI is InChI=1S/C19H23N3/c1-14(2)11-12-22-18-6-4-3-5-17(18)21-19(22)13-15-7-9-16(20)10-8-15/h3-10,14H,11-13,20H2,1-2H3. The van der Waals surface area contributed by atoms with Gasteiger partial charge in [0, 0.05) is 18.7 Å². The Morgan fingerprint density at radius 2 is 1.77 bits per heavy atom. The van der Waals surface area contributed by atoms with Crippen LogP contribution in [-0.4, -0.2) is 9.55 Å². The average Bonchev–Trinajstić information content (AvgIpc) is 2.85. The molecule has 1 heterocycles. The number of nitrogens with zero attached hydrogens (tertiary/aromatic N) is 2. The molecular formula is C19H23N3. The summed E-state index contributed by atoms with van der Waals surface area (Å²) in [6.07, 6.45) is 2.00. The highest BCUT2D eigenvalue weighted by atomic mass is 15.1. The second kappa shape index (κ2) is 6.22. The van der Waals surface area contributed by atoms with Gasteiger partial charge in [0.15, 0.2) is 0 Å². The second-order valence-electron chi connectivity index (χ2n) is 6.27. The molecule has 2 N–H and O–H groups in total. The van der Waals surface area contributed by atoms with E-state index in [1.165, 1.54) is 11.1 Å². The Labute approximate surface area is 131 Å². The van der Waals surface area contributed by atoms with Crippen LogP contribution in [0.2, 0.25) is 0 Å². The number of nitrogens with two attached hydrogens (primary N) is 1. The van der Waals surface area contributed by atoms with Gasteiger partial charge in [0.25, 0.3) is 0 Å². The zero-order chi connectivity index (χ0) is 15.5. The molecule has 0 saturated carbocycles. The summed E-state index contributed by atoms with van der Waals surface area (Å²) in [5, 5.41) is 0. The molecule has 0 saturated heterocycles. The van der Waals surface area contributed by atoms with E-state index in [2.05, 4.69) is 54.8 Å². The van der Waals surface area contributed by atoms with Crippen LogP contribution >= 0.6 is 0 Å². The number of aryl methyl sites for hydroxylation is 1. The van der Waals surface area contributed by atoms with E-state index in [0.29, 0.717) is 5.92 Å². The summed E-state index contributed by atoms with van der Waals surface area (Å²) in [5.41, 5.74) is 10.1. The summed E-state index contributed by atoms with van der Waals surface area (Å²) >= 11 is 0. The van der Waals surface area contributed by atoms with Crippen molar-refractivity contribution in [3.8, 4) is 0 Å². The van der Waals surface area contributed by atoms with Crippen molar-refractivity contribution < 1.29 is 0 Å². The Morgan fingerprint density at radius 1 is 1.05 bits per heavy atom. The third kappa shape index (κ3) is 3.14. The number of anilines is 1. The van der Waals surface area contributed by atoms with Gasteiger partial charge < -0.3 is 10.3 Å². The van der Waals surface area contributed by atoms with Gasteiger partial charge in [-0.05, 0) is 42.2 Å². The van der Waals surface area contributed by atoms with E-state index in [1.807, 2.05) is 12.1 Å². The SMILES string of the molecule is CC(C)CCn1c(Cc2ccc(N)cc2)nc2ccccc21. The first-order valence-electron chi connectivity index (χ1n) is 7.92. The van der Waals surface area contributed by atoms with Gasteiger partial charge in [-0.1, -0.05) is 38.1 Å². The highest BCUT2D eigenvalue weighted by molar-refractivity contribution is 5.76. The van der Waals surface area contributed by atoms with Crippen LogP contribution in [0.5, 0.6) is 0 Å². The molecule has 0 aliphatic carbocycles. The molecule has 0 fully saturated rings. The number of imidazole rings is 1. The van der Waals surface area contributed by atoms with E-state index >= 15 is 0 Å². The van der Waals surface area contributed by atoms with Crippen molar-refractivity contribution in [2.45, 2.75) is 33.2 Å². The van der Waals surface area contributed by atoms with Gasteiger partial charge in [-0.3, -0.25) is 0 Å². The molecule has 0 atom stereocenters. The molecule has 3 rings (SSSR count). The first-order valence-corrected chi connectivity index (χ1v) is 7.92. The van der Waals surface area contributed by atoms with Crippen LogP contribution in [0.25, 0.3) is 11.0 Å². The minimum absolute atomic E-state index is 0.686. The minimum Gasteiger partial charge on any atom is -0.399 e. The quantitative estimate of drug-likeness (QED) is 0.714. The number of hydrogen-bond acceptors (Lipinski definition) is 2.